The van der Waals surface area contributed by atoms with Gasteiger partial charge in [0.25, 0.3) is 0 Å². The van der Waals surface area contributed by atoms with Gasteiger partial charge in [-0.3, -0.25) is 0 Å². The van der Waals surface area contributed by atoms with E-state index in [9.17, 15) is 4.39 Å². The van der Waals surface area contributed by atoms with Crippen molar-refractivity contribution in [1.82, 2.24) is 10.1 Å². The SMILES string of the molecule is Nc1ccc(Cc2nc(-c3ccc(F)cc3Cl)no2)cc1. The summed E-state index contributed by atoms with van der Waals surface area (Å²) >= 11 is 5.98. The third-order valence-electron chi connectivity index (χ3n) is 2.98. The Kier molecular flexibility index (Phi) is 3.58. The Balaban J connectivity index is 1.84. The minimum absolute atomic E-state index is 0.245. The molecule has 2 aromatic carbocycles. The highest BCUT2D eigenvalue weighted by atomic mass is 35.5. The van der Waals surface area contributed by atoms with Crippen LogP contribution in [-0.2, 0) is 6.42 Å². The molecule has 0 saturated heterocycles. The smallest absolute Gasteiger partial charge is 0.231 e. The molecule has 3 rings (SSSR count). The minimum atomic E-state index is -0.408. The maximum atomic E-state index is 13.0. The number of anilines is 1. The van der Waals surface area contributed by atoms with Gasteiger partial charge in [-0.25, -0.2) is 4.39 Å². The minimum Gasteiger partial charge on any atom is -0.399 e. The van der Waals surface area contributed by atoms with Crippen molar-refractivity contribution in [3.63, 3.8) is 0 Å². The molecule has 0 radical (unpaired) electrons. The molecule has 3 aromatic rings. The second kappa shape index (κ2) is 5.54. The Labute approximate surface area is 125 Å². The summed E-state index contributed by atoms with van der Waals surface area (Å²) in [6.45, 7) is 0. The Hall–Kier alpha value is -2.40. The molecule has 106 valence electrons. The van der Waals surface area contributed by atoms with Gasteiger partial charge >= 0.3 is 0 Å². The van der Waals surface area contributed by atoms with E-state index in [1.807, 2.05) is 24.3 Å². The Morgan fingerprint density at radius 2 is 1.90 bits per heavy atom. The Bertz CT molecular complexity index is 771. The van der Waals surface area contributed by atoms with Crippen LogP contribution in [0.4, 0.5) is 10.1 Å². The summed E-state index contributed by atoms with van der Waals surface area (Å²) in [6, 6.07) is 11.4. The molecule has 4 nitrogen and oxygen atoms in total. The molecule has 0 bridgehead atoms. The number of halogens is 2. The number of hydrogen-bond donors (Lipinski definition) is 1. The van der Waals surface area contributed by atoms with E-state index < -0.39 is 5.82 Å². The van der Waals surface area contributed by atoms with Crippen molar-refractivity contribution in [3.8, 4) is 11.4 Å². The summed E-state index contributed by atoms with van der Waals surface area (Å²) in [5.41, 5.74) is 7.87. The average Bonchev–Trinajstić information content (AvgIpc) is 2.90. The second-order valence-corrected chi connectivity index (χ2v) is 4.96. The van der Waals surface area contributed by atoms with E-state index >= 15 is 0 Å². The van der Waals surface area contributed by atoms with E-state index in [0.717, 1.165) is 5.56 Å². The van der Waals surface area contributed by atoms with Gasteiger partial charge in [-0.05, 0) is 35.9 Å². The van der Waals surface area contributed by atoms with Gasteiger partial charge in [0, 0.05) is 11.3 Å². The second-order valence-electron chi connectivity index (χ2n) is 4.55. The summed E-state index contributed by atoms with van der Waals surface area (Å²) in [5.74, 6) is 0.384. The van der Waals surface area contributed by atoms with Crippen LogP contribution < -0.4 is 5.73 Å². The molecule has 0 aliphatic rings. The lowest BCUT2D eigenvalue weighted by Gasteiger charge is -1.98. The fraction of sp³-hybridized carbons (Fsp3) is 0.0667. The molecule has 0 unspecified atom stereocenters. The lowest BCUT2D eigenvalue weighted by molar-refractivity contribution is 0.385. The normalized spacial score (nSPS) is 10.8. The maximum absolute atomic E-state index is 13.0. The van der Waals surface area contributed by atoms with Gasteiger partial charge in [-0.15, -0.1) is 0 Å². The monoisotopic (exact) mass is 303 g/mol. The van der Waals surface area contributed by atoms with Gasteiger partial charge in [0.2, 0.25) is 11.7 Å². The first-order valence-corrected chi connectivity index (χ1v) is 6.62. The molecule has 6 heteroatoms. The lowest BCUT2D eigenvalue weighted by atomic mass is 10.1. The molecule has 0 amide bonds. The third kappa shape index (κ3) is 3.03. The highest BCUT2D eigenvalue weighted by Crippen LogP contribution is 2.26. The zero-order valence-electron chi connectivity index (χ0n) is 10.9. The molecule has 2 N–H and O–H groups in total. The number of aromatic nitrogens is 2. The molecular formula is C15H11ClFN3O. The van der Waals surface area contributed by atoms with Gasteiger partial charge in [0.1, 0.15) is 5.82 Å². The van der Waals surface area contributed by atoms with E-state index in [1.54, 1.807) is 0 Å². The van der Waals surface area contributed by atoms with Gasteiger partial charge < -0.3 is 10.3 Å². The zero-order valence-corrected chi connectivity index (χ0v) is 11.6. The lowest BCUT2D eigenvalue weighted by Crippen LogP contribution is -1.90. The fourth-order valence-corrected chi connectivity index (χ4v) is 2.17. The van der Waals surface area contributed by atoms with Crippen molar-refractivity contribution >= 4 is 17.3 Å². The van der Waals surface area contributed by atoms with E-state index in [4.69, 9.17) is 21.9 Å². The van der Waals surface area contributed by atoms with Crippen LogP contribution in [-0.4, -0.2) is 10.1 Å². The standard InChI is InChI=1S/C15H11ClFN3O/c16-13-8-10(17)3-6-12(13)15-19-14(21-20-15)7-9-1-4-11(18)5-2-9/h1-6,8H,7,18H2. The van der Waals surface area contributed by atoms with Gasteiger partial charge in [0.15, 0.2) is 0 Å². The van der Waals surface area contributed by atoms with Crippen LogP contribution in [0.3, 0.4) is 0 Å². The third-order valence-corrected chi connectivity index (χ3v) is 3.29. The summed E-state index contributed by atoms with van der Waals surface area (Å²) in [6.07, 6.45) is 0.492. The first kappa shape index (κ1) is 13.6. The number of nitrogens with two attached hydrogens (primary N) is 1. The van der Waals surface area contributed by atoms with Gasteiger partial charge in [0.05, 0.1) is 11.4 Å². The summed E-state index contributed by atoms with van der Waals surface area (Å²) in [4.78, 5) is 4.27. The van der Waals surface area contributed by atoms with E-state index in [-0.39, 0.29) is 5.02 Å². The number of nitrogens with zero attached hydrogens (tertiary/aromatic N) is 2. The number of benzene rings is 2. The molecule has 1 aromatic heterocycles. The van der Waals surface area contributed by atoms with Crippen LogP contribution in [0.15, 0.2) is 47.0 Å². The topological polar surface area (TPSA) is 64.9 Å². The molecule has 0 spiro atoms. The van der Waals surface area contributed by atoms with E-state index in [1.165, 1.54) is 18.2 Å². The largest absolute Gasteiger partial charge is 0.399 e. The van der Waals surface area contributed by atoms with E-state index in [2.05, 4.69) is 10.1 Å². The summed E-state index contributed by atoms with van der Waals surface area (Å²) in [5, 5.41) is 4.12. The molecule has 0 saturated carbocycles. The van der Waals surface area contributed by atoms with Crippen LogP contribution in [0.25, 0.3) is 11.4 Å². The van der Waals surface area contributed by atoms with Crippen LogP contribution in [0.5, 0.6) is 0 Å². The molecule has 0 fully saturated rings. The van der Waals surface area contributed by atoms with Crippen molar-refractivity contribution in [2.75, 3.05) is 5.73 Å². The number of hydrogen-bond acceptors (Lipinski definition) is 4. The highest BCUT2D eigenvalue weighted by Gasteiger charge is 2.12. The van der Waals surface area contributed by atoms with Crippen LogP contribution >= 0.6 is 11.6 Å². The van der Waals surface area contributed by atoms with Crippen LogP contribution in [0, 0.1) is 5.82 Å². The molecule has 1 heterocycles. The molecule has 0 aliphatic carbocycles. The predicted molar refractivity (Wildman–Crippen MR) is 78.4 cm³/mol. The zero-order chi connectivity index (χ0) is 14.8. The predicted octanol–water partition coefficient (Wildman–Crippen LogP) is 3.70. The highest BCUT2D eigenvalue weighted by molar-refractivity contribution is 6.33. The van der Waals surface area contributed by atoms with Crippen molar-refractivity contribution in [2.24, 2.45) is 0 Å². The van der Waals surface area contributed by atoms with Gasteiger partial charge in [-0.1, -0.05) is 28.9 Å². The van der Waals surface area contributed by atoms with Crippen molar-refractivity contribution in [1.29, 1.82) is 0 Å². The van der Waals surface area contributed by atoms with Crippen LogP contribution in [0.1, 0.15) is 11.5 Å². The molecule has 0 aliphatic heterocycles. The van der Waals surface area contributed by atoms with E-state index in [0.29, 0.717) is 29.4 Å². The fourth-order valence-electron chi connectivity index (χ4n) is 1.92. The Morgan fingerprint density at radius 3 is 2.62 bits per heavy atom. The molecule has 21 heavy (non-hydrogen) atoms. The average molecular weight is 304 g/mol. The molecule has 0 atom stereocenters. The van der Waals surface area contributed by atoms with Crippen molar-refractivity contribution in [3.05, 3.63) is 64.8 Å². The van der Waals surface area contributed by atoms with Crippen LogP contribution in [0.2, 0.25) is 5.02 Å². The summed E-state index contributed by atoms with van der Waals surface area (Å²) in [7, 11) is 0. The van der Waals surface area contributed by atoms with Crippen molar-refractivity contribution in [2.45, 2.75) is 6.42 Å². The van der Waals surface area contributed by atoms with Gasteiger partial charge in [-0.2, -0.15) is 4.98 Å². The quantitative estimate of drug-likeness (QED) is 0.749. The first-order chi connectivity index (χ1) is 10.1. The van der Waals surface area contributed by atoms with Crippen molar-refractivity contribution < 1.29 is 8.91 Å². The molecular weight excluding hydrogens is 293 g/mol. The maximum Gasteiger partial charge on any atom is 0.231 e. The first-order valence-electron chi connectivity index (χ1n) is 6.24. The number of nitrogen functional groups attached to an aromatic ring is 1. The number of rotatable bonds is 3. The Morgan fingerprint density at radius 1 is 1.14 bits per heavy atom. The summed E-state index contributed by atoms with van der Waals surface area (Å²) < 4.78 is 18.2.